The Labute approximate surface area is 116 Å². The van der Waals surface area contributed by atoms with Crippen LogP contribution in [-0.2, 0) is 10.0 Å². The number of benzene rings is 1. The van der Waals surface area contributed by atoms with Gasteiger partial charge in [0.2, 0.25) is 10.0 Å². The van der Waals surface area contributed by atoms with Gasteiger partial charge in [-0.15, -0.1) is 0 Å². The Morgan fingerprint density at radius 1 is 1.47 bits per heavy atom. The third-order valence-corrected chi connectivity index (χ3v) is 4.59. The minimum atomic E-state index is -3.90. The van der Waals surface area contributed by atoms with Crippen LogP contribution in [0.4, 0.5) is 10.1 Å². The number of nitrogens with two attached hydrogens (primary N) is 1. The number of nitrogen functional groups attached to an aromatic ring is 1. The topological polar surface area (TPSA) is 92.4 Å². The van der Waals surface area contributed by atoms with E-state index in [1.165, 1.54) is 18.7 Å². The molecule has 5 nitrogen and oxygen atoms in total. The maximum Gasteiger partial charge on any atom is 0.240 e. The molecular weight excluding hydrogens is 291 g/mol. The van der Waals surface area contributed by atoms with Gasteiger partial charge in [-0.2, -0.15) is 11.8 Å². The molecule has 1 aromatic carbocycles. The molecule has 0 aromatic heterocycles. The van der Waals surface area contributed by atoms with Crippen molar-refractivity contribution >= 4 is 27.5 Å². The molecule has 0 saturated carbocycles. The first-order valence-corrected chi connectivity index (χ1v) is 8.31. The summed E-state index contributed by atoms with van der Waals surface area (Å²) >= 11 is 1.40. The van der Waals surface area contributed by atoms with Crippen LogP contribution in [-0.4, -0.2) is 37.7 Å². The highest BCUT2D eigenvalue weighted by Gasteiger charge is 2.24. The highest BCUT2D eigenvalue weighted by molar-refractivity contribution is 7.98. The van der Waals surface area contributed by atoms with Crippen molar-refractivity contribution in [3.05, 3.63) is 24.0 Å². The number of hydrogen-bond donors (Lipinski definition) is 3. The molecule has 0 aliphatic heterocycles. The minimum absolute atomic E-state index is 0.0243. The fourth-order valence-electron chi connectivity index (χ4n) is 1.44. The van der Waals surface area contributed by atoms with Crippen LogP contribution in [0.5, 0.6) is 0 Å². The van der Waals surface area contributed by atoms with Crippen LogP contribution in [0.1, 0.15) is 6.92 Å². The Balaban J connectivity index is 2.87. The smallest absolute Gasteiger partial charge is 0.240 e. The molecular formula is C11H17FN2O3S2. The monoisotopic (exact) mass is 308 g/mol. The van der Waals surface area contributed by atoms with Crippen molar-refractivity contribution in [3.63, 3.8) is 0 Å². The second kappa shape index (κ2) is 6.08. The van der Waals surface area contributed by atoms with Crippen molar-refractivity contribution in [1.29, 1.82) is 0 Å². The Morgan fingerprint density at radius 3 is 2.63 bits per heavy atom. The summed E-state index contributed by atoms with van der Waals surface area (Å²) < 4.78 is 39.2. The van der Waals surface area contributed by atoms with E-state index in [-0.39, 0.29) is 17.1 Å². The van der Waals surface area contributed by atoms with Gasteiger partial charge < -0.3 is 10.8 Å². The van der Waals surface area contributed by atoms with Crippen LogP contribution in [0.2, 0.25) is 0 Å². The Hall–Kier alpha value is -0.830. The zero-order chi connectivity index (χ0) is 14.7. The van der Waals surface area contributed by atoms with Gasteiger partial charge >= 0.3 is 0 Å². The van der Waals surface area contributed by atoms with Gasteiger partial charge in [0.1, 0.15) is 5.82 Å². The van der Waals surface area contributed by atoms with E-state index in [0.717, 1.165) is 18.2 Å². The zero-order valence-electron chi connectivity index (χ0n) is 10.7. The maximum absolute atomic E-state index is 13.1. The number of nitrogens with one attached hydrogen (secondary N) is 1. The predicted octanol–water partition coefficient (Wildman–Crippen LogP) is 0.800. The highest BCUT2D eigenvalue weighted by Crippen LogP contribution is 2.17. The van der Waals surface area contributed by atoms with Gasteiger partial charge in [0, 0.05) is 18.0 Å². The lowest BCUT2D eigenvalue weighted by atomic mass is 10.1. The van der Waals surface area contributed by atoms with E-state index in [0.29, 0.717) is 5.75 Å². The average Bonchev–Trinajstić information content (AvgIpc) is 2.25. The summed E-state index contributed by atoms with van der Waals surface area (Å²) in [5.41, 5.74) is 4.25. The van der Waals surface area contributed by atoms with Gasteiger partial charge in [0.15, 0.2) is 0 Å². The first kappa shape index (κ1) is 16.2. The highest BCUT2D eigenvalue weighted by atomic mass is 32.2. The summed E-state index contributed by atoms with van der Waals surface area (Å²) in [6.07, 6.45) is 1.80. The second-order valence-corrected chi connectivity index (χ2v) is 7.11. The molecule has 1 aromatic rings. The van der Waals surface area contributed by atoms with Gasteiger partial charge in [-0.3, -0.25) is 0 Å². The second-order valence-electron chi connectivity index (χ2n) is 4.47. The normalized spacial score (nSPS) is 15.2. The third kappa shape index (κ3) is 4.98. The van der Waals surface area contributed by atoms with E-state index in [2.05, 4.69) is 4.72 Å². The molecule has 19 heavy (non-hydrogen) atoms. The summed E-state index contributed by atoms with van der Waals surface area (Å²) in [4.78, 5) is -0.259. The number of aliphatic hydroxyl groups is 1. The summed E-state index contributed by atoms with van der Waals surface area (Å²) in [5.74, 6) is -0.350. The van der Waals surface area contributed by atoms with Crippen molar-refractivity contribution in [2.75, 3.05) is 24.3 Å². The molecule has 0 heterocycles. The van der Waals surface area contributed by atoms with E-state index in [1.54, 1.807) is 6.26 Å². The molecule has 0 aliphatic rings. The summed E-state index contributed by atoms with van der Waals surface area (Å²) in [7, 11) is -3.90. The largest absolute Gasteiger partial charge is 0.399 e. The van der Waals surface area contributed by atoms with Crippen molar-refractivity contribution in [2.24, 2.45) is 0 Å². The van der Waals surface area contributed by atoms with Crippen LogP contribution in [0.15, 0.2) is 23.1 Å². The quantitative estimate of drug-likeness (QED) is 0.676. The van der Waals surface area contributed by atoms with Crippen molar-refractivity contribution in [3.8, 4) is 0 Å². The number of hydrogen-bond acceptors (Lipinski definition) is 5. The molecule has 0 saturated heterocycles. The lowest BCUT2D eigenvalue weighted by Crippen LogP contribution is -2.42. The number of rotatable bonds is 6. The fourth-order valence-corrected chi connectivity index (χ4v) is 3.39. The molecule has 1 rings (SSSR count). The molecule has 0 radical (unpaired) electrons. The predicted molar refractivity (Wildman–Crippen MR) is 75.0 cm³/mol. The summed E-state index contributed by atoms with van der Waals surface area (Å²) in [6.45, 7) is 1.36. The van der Waals surface area contributed by atoms with Crippen LogP contribution in [0.25, 0.3) is 0 Å². The van der Waals surface area contributed by atoms with Crippen molar-refractivity contribution < 1.29 is 17.9 Å². The Kier molecular flexibility index (Phi) is 5.19. The van der Waals surface area contributed by atoms with Crippen LogP contribution >= 0.6 is 11.8 Å². The molecule has 108 valence electrons. The SMILES string of the molecule is CSCC(C)(O)CNS(=O)(=O)c1cc(N)cc(F)c1. The van der Waals surface area contributed by atoms with Crippen LogP contribution < -0.4 is 10.5 Å². The third-order valence-electron chi connectivity index (χ3n) is 2.30. The lowest BCUT2D eigenvalue weighted by molar-refractivity contribution is 0.0908. The Bertz CT molecular complexity index is 527. The molecule has 1 unspecified atom stereocenters. The average molecular weight is 308 g/mol. The number of halogens is 1. The summed E-state index contributed by atoms with van der Waals surface area (Å²) in [6, 6.07) is 3.07. The van der Waals surface area contributed by atoms with Gasteiger partial charge in [-0.1, -0.05) is 0 Å². The summed E-state index contributed by atoms with van der Waals surface area (Å²) in [5, 5.41) is 9.89. The number of sulfonamides is 1. The molecule has 0 fully saturated rings. The molecule has 0 bridgehead atoms. The number of anilines is 1. The van der Waals surface area contributed by atoms with Crippen molar-refractivity contribution in [2.45, 2.75) is 17.4 Å². The van der Waals surface area contributed by atoms with Gasteiger partial charge in [-0.25, -0.2) is 17.5 Å². The molecule has 0 aliphatic carbocycles. The Morgan fingerprint density at radius 2 is 2.11 bits per heavy atom. The van der Waals surface area contributed by atoms with Crippen LogP contribution in [0.3, 0.4) is 0 Å². The zero-order valence-corrected chi connectivity index (χ0v) is 12.3. The standard InChI is InChI=1S/C11H17FN2O3S2/c1-11(15,7-18-2)6-14-19(16,17)10-4-8(12)3-9(13)5-10/h3-5,14-15H,6-7,13H2,1-2H3. The fraction of sp³-hybridized carbons (Fsp3) is 0.455. The van der Waals surface area contributed by atoms with Gasteiger partial charge in [0.25, 0.3) is 0 Å². The first-order chi connectivity index (χ1) is 8.66. The van der Waals surface area contributed by atoms with E-state index in [9.17, 15) is 17.9 Å². The molecule has 1 atom stereocenters. The van der Waals surface area contributed by atoms with E-state index in [4.69, 9.17) is 5.73 Å². The minimum Gasteiger partial charge on any atom is -0.399 e. The molecule has 0 amide bonds. The van der Waals surface area contributed by atoms with Gasteiger partial charge in [0.05, 0.1) is 10.5 Å². The maximum atomic E-state index is 13.1. The van der Waals surface area contributed by atoms with E-state index in [1.807, 2.05) is 0 Å². The lowest BCUT2D eigenvalue weighted by Gasteiger charge is -2.22. The number of thioether (sulfide) groups is 1. The van der Waals surface area contributed by atoms with Gasteiger partial charge in [-0.05, 0) is 31.4 Å². The molecule has 4 N–H and O–H groups in total. The first-order valence-electron chi connectivity index (χ1n) is 5.43. The van der Waals surface area contributed by atoms with E-state index >= 15 is 0 Å². The van der Waals surface area contributed by atoms with E-state index < -0.39 is 21.4 Å². The molecule has 8 heteroatoms. The molecule has 0 spiro atoms. The van der Waals surface area contributed by atoms with Crippen molar-refractivity contribution in [1.82, 2.24) is 4.72 Å². The van der Waals surface area contributed by atoms with Crippen LogP contribution in [0, 0.1) is 5.82 Å².